The normalized spacial score (nSPS) is 24.8. The second-order valence-corrected chi connectivity index (χ2v) is 8.34. The standard InChI is InChI=1S/C24H18N2O7/c27-19(13-4-3-5-16(11-13)26(31)32)12-33-24(30)17-6-1-2-7-18(17)25-22(28)20-14-8-9-15(10-14)21(20)23(25)29/h1-9,11,14-15,20-21H,10,12H2/t14-,15-,20-,21-/m0/s1. The monoisotopic (exact) mass is 446 g/mol. The van der Waals surface area contributed by atoms with E-state index in [9.17, 15) is 29.3 Å². The number of nitro groups is 1. The molecule has 2 aromatic rings. The number of benzene rings is 2. The van der Waals surface area contributed by atoms with Crippen LogP contribution in [0.1, 0.15) is 27.1 Å². The largest absolute Gasteiger partial charge is 0.454 e. The summed E-state index contributed by atoms with van der Waals surface area (Å²) in [7, 11) is 0. The second kappa shape index (κ2) is 7.77. The first-order chi connectivity index (χ1) is 15.9. The number of esters is 1. The van der Waals surface area contributed by atoms with Gasteiger partial charge in [0.1, 0.15) is 0 Å². The first kappa shape index (κ1) is 20.7. The van der Waals surface area contributed by atoms with Crippen molar-refractivity contribution in [1.29, 1.82) is 0 Å². The Morgan fingerprint density at radius 3 is 2.33 bits per heavy atom. The zero-order valence-electron chi connectivity index (χ0n) is 17.2. The summed E-state index contributed by atoms with van der Waals surface area (Å²) in [5.74, 6) is -2.89. The predicted molar refractivity (Wildman–Crippen MR) is 114 cm³/mol. The van der Waals surface area contributed by atoms with E-state index in [0.717, 1.165) is 17.4 Å². The summed E-state index contributed by atoms with van der Waals surface area (Å²) in [5.41, 5.74) is -0.0935. The molecule has 1 saturated carbocycles. The summed E-state index contributed by atoms with van der Waals surface area (Å²) in [6, 6.07) is 11.2. The van der Waals surface area contributed by atoms with E-state index in [0.29, 0.717) is 0 Å². The SMILES string of the molecule is O=C(COC(=O)c1ccccc1N1C(=O)[C@@H]2[C@@H](C1=O)[C@H]1C=C[C@H]2C1)c1cccc([N+](=O)[O-])c1. The summed E-state index contributed by atoms with van der Waals surface area (Å²) in [5, 5.41) is 10.9. The van der Waals surface area contributed by atoms with E-state index in [-0.39, 0.29) is 46.2 Å². The van der Waals surface area contributed by atoms with Gasteiger partial charge in [-0.2, -0.15) is 0 Å². The van der Waals surface area contributed by atoms with E-state index < -0.39 is 35.1 Å². The molecule has 33 heavy (non-hydrogen) atoms. The number of ketones is 1. The number of Topliss-reactive ketones (excluding diaryl/α,β-unsaturated/α-hetero) is 1. The molecule has 9 heteroatoms. The van der Waals surface area contributed by atoms with Crippen LogP contribution in [0.3, 0.4) is 0 Å². The number of non-ortho nitro benzene ring substituents is 1. The van der Waals surface area contributed by atoms with Crippen LogP contribution in [0.4, 0.5) is 11.4 Å². The Morgan fingerprint density at radius 1 is 1.00 bits per heavy atom. The van der Waals surface area contributed by atoms with Crippen LogP contribution in [0.15, 0.2) is 60.7 Å². The van der Waals surface area contributed by atoms with Crippen molar-refractivity contribution >= 4 is 34.9 Å². The van der Waals surface area contributed by atoms with Gasteiger partial charge >= 0.3 is 5.97 Å². The lowest BCUT2D eigenvalue weighted by molar-refractivity contribution is -0.384. The Kier molecular flexibility index (Phi) is 4.88. The number of hydrogen-bond acceptors (Lipinski definition) is 7. The lowest BCUT2D eigenvalue weighted by Gasteiger charge is -2.19. The van der Waals surface area contributed by atoms with Crippen molar-refractivity contribution in [2.24, 2.45) is 23.7 Å². The first-order valence-corrected chi connectivity index (χ1v) is 10.5. The molecule has 2 bridgehead atoms. The van der Waals surface area contributed by atoms with E-state index in [2.05, 4.69) is 0 Å². The molecule has 0 radical (unpaired) electrons. The summed E-state index contributed by atoms with van der Waals surface area (Å²) in [6.07, 6.45) is 4.77. The fraction of sp³-hybridized carbons (Fsp3) is 0.250. The molecule has 0 spiro atoms. The van der Waals surface area contributed by atoms with Gasteiger partial charge in [0, 0.05) is 17.7 Å². The van der Waals surface area contributed by atoms with Gasteiger partial charge in [0.05, 0.1) is 28.0 Å². The third kappa shape index (κ3) is 3.32. The second-order valence-electron chi connectivity index (χ2n) is 8.34. The fourth-order valence-corrected chi connectivity index (χ4v) is 5.07. The maximum atomic E-state index is 13.1. The number of imide groups is 1. The van der Waals surface area contributed by atoms with Gasteiger partial charge in [0.25, 0.3) is 5.69 Å². The van der Waals surface area contributed by atoms with Gasteiger partial charge in [-0.25, -0.2) is 9.69 Å². The number of rotatable bonds is 6. The molecule has 2 fully saturated rings. The van der Waals surface area contributed by atoms with Crippen molar-refractivity contribution in [2.45, 2.75) is 6.42 Å². The minimum Gasteiger partial charge on any atom is -0.454 e. The molecule has 3 aliphatic rings. The molecule has 2 amide bonds. The summed E-state index contributed by atoms with van der Waals surface area (Å²) in [4.78, 5) is 62.7. The molecule has 9 nitrogen and oxygen atoms in total. The number of carbonyl (C=O) groups is 4. The number of ether oxygens (including phenoxy) is 1. The van der Waals surface area contributed by atoms with Gasteiger partial charge in [-0.15, -0.1) is 0 Å². The molecule has 0 N–H and O–H groups in total. The van der Waals surface area contributed by atoms with Gasteiger partial charge in [-0.3, -0.25) is 24.5 Å². The van der Waals surface area contributed by atoms with Crippen LogP contribution in [0, 0.1) is 33.8 Å². The Balaban J connectivity index is 1.34. The highest BCUT2D eigenvalue weighted by Gasteiger charge is 2.59. The zero-order chi connectivity index (χ0) is 23.3. The maximum absolute atomic E-state index is 13.1. The van der Waals surface area contributed by atoms with Crippen LogP contribution < -0.4 is 4.90 Å². The van der Waals surface area contributed by atoms with Crippen molar-refractivity contribution in [3.8, 4) is 0 Å². The molecule has 4 atom stereocenters. The molecule has 2 aromatic carbocycles. The van der Waals surface area contributed by atoms with Gasteiger partial charge in [-0.05, 0) is 30.4 Å². The summed E-state index contributed by atoms with van der Waals surface area (Å²) < 4.78 is 5.14. The fourth-order valence-electron chi connectivity index (χ4n) is 5.07. The van der Waals surface area contributed by atoms with Crippen LogP contribution >= 0.6 is 0 Å². The summed E-state index contributed by atoms with van der Waals surface area (Å²) >= 11 is 0. The van der Waals surface area contributed by atoms with E-state index in [4.69, 9.17) is 4.74 Å². The molecule has 0 unspecified atom stereocenters. The number of amides is 2. The van der Waals surface area contributed by atoms with Gasteiger partial charge in [0.2, 0.25) is 17.6 Å². The number of carbonyl (C=O) groups excluding carboxylic acids is 4. The Labute approximate surface area is 187 Å². The Hall–Kier alpha value is -4.14. The molecule has 1 saturated heterocycles. The number of fused-ring (bicyclic) bond motifs is 5. The van der Waals surface area contributed by atoms with Crippen molar-refractivity contribution < 1.29 is 28.8 Å². The lowest BCUT2D eigenvalue weighted by atomic mass is 9.85. The molecule has 1 aliphatic heterocycles. The predicted octanol–water partition coefficient (Wildman–Crippen LogP) is 2.95. The van der Waals surface area contributed by atoms with Gasteiger partial charge in [0.15, 0.2) is 6.61 Å². The van der Waals surface area contributed by atoms with Crippen molar-refractivity contribution in [1.82, 2.24) is 0 Å². The number of nitrogens with zero attached hydrogens (tertiary/aromatic N) is 2. The average Bonchev–Trinajstić information content (AvgIpc) is 3.51. The number of anilines is 1. The number of nitro benzene ring substituents is 1. The van der Waals surface area contributed by atoms with Crippen molar-refractivity contribution in [2.75, 3.05) is 11.5 Å². The van der Waals surface area contributed by atoms with Crippen molar-refractivity contribution in [3.05, 3.63) is 81.9 Å². The Morgan fingerprint density at radius 2 is 1.67 bits per heavy atom. The average molecular weight is 446 g/mol. The number of hydrogen-bond donors (Lipinski definition) is 0. The van der Waals surface area contributed by atoms with E-state index in [1.165, 1.54) is 30.3 Å². The zero-order valence-corrected chi connectivity index (χ0v) is 17.2. The molecular formula is C24H18N2O7. The maximum Gasteiger partial charge on any atom is 0.340 e. The Bertz CT molecular complexity index is 1220. The van der Waals surface area contributed by atoms with Gasteiger partial charge < -0.3 is 4.74 Å². The highest BCUT2D eigenvalue weighted by atomic mass is 16.6. The van der Waals surface area contributed by atoms with Crippen LogP contribution in [0.25, 0.3) is 0 Å². The quantitative estimate of drug-likeness (QED) is 0.167. The third-order valence-corrected chi connectivity index (χ3v) is 6.55. The van der Waals surface area contributed by atoms with Crippen LogP contribution in [0.5, 0.6) is 0 Å². The van der Waals surface area contributed by atoms with E-state index >= 15 is 0 Å². The molecule has 0 aromatic heterocycles. The smallest absolute Gasteiger partial charge is 0.340 e. The molecule has 2 aliphatic carbocycles. The number of allylic oxidation sites excluding steroid dienone is 2. The van der Waals surface area contributed by atoms with Crippen LogP contribution in [0.2, 0.25) is 0 Å². The molecule has 166 valence electrons. The van der Waals surface area contributed by atoms with Crippen LogP contribution in [-0.4, -0.2) is 35.1 Å². The van der Waals surface area contributed by atoms with Gasteiger partial charge in [-0.1, -0.05) is 36.4 Å². The highest BCUT2D eigenvalue weighted by Crippen LogP contribution is 2.53. The first-order valence-electron chi connectivity index (χ1n) is 10.5. The van der Waals surface area contributed by atoms with E-state index in [1.807, 2.05) is 12.2 Å². The highest BCUT2D eigenvalue weighted by molar-refractivity contribution is 6.24. The topological polar surface area (TPSA) is 124 Å². The third-order valence-electron chi connectivity index (χ3n) is 6.55. The molecular weight excluding hydrogens is 428 g/mol. The van der Waals surface area contributed by atoms with Crippen LogP contribution in [-0.2, 0) is 14.3 Å². The number of para-hydroxylation sites is 1. The lowest BCUT2D eigenvalue weighted by Crippen LogP contribution is -2.34. The molecule has 1 heterocycles. The minimum atomic E-state index is -0.872. The minimum absolute atomic E-state index is 0.00804. The van der Waals surface area contributed by atoms with E-state index in [1.54, 1.807) is 12.1 Å². The molecule has 5 rings (SSSR count). The summed E-state index contributed by atoms with van der Waals surface area (Å²) in [6.45, 7) is -0.643. The van der Waals surface area contributed by atoms with Crippen molar-refractivity contribution in [3.63, 3.8) is 0 Å².